The van der Waals surface area contributed by atoms with E-state index < -0.39 is 11.9 Å². The van der Waals surface area contributed by atoms with Gasteiger partial charge in [-0.2, -0.15) is 0 Å². The second kappa shape index (κ2) is 13.8. The predicted molar refractivity (Wildman–Crippen MR) is 86.4 cm³/mol. The topological polar surface area (TPSA) is 106 Å². The third-order valence-corrected chi connectivity index (χ3v) is 2.04. The van der Waals surface area contributed by atoms with Crippen molar-refractivity contribution in [3.05, 3.63) is 71.8 Å². The van der Waals surface area contributed by atoms with Gasteiger partial charge in [0.05, 0.1) is 11.1 Å². The molecule has 0 atom stereocenters. The number of rotatable bonds is 2. The Kier molecular flexibility index (Phi) is 16.4. The number of carboxylic acids is 2. The molecule has 108 valence electrons. The minimum Gasteiger partial charge on any atom is -1.00 e. The predicted octanol–water partition coefficient (Wildman–Crippen LogP) is 1.63. The molecular weight excluding hydrogens is 297 g/mol. The van der Waals surface area contributed by atoms with Crippen LogP contribution in [0.25, 0.3) is 0 Å². The van der Waals surface area contributed by atoms with Crippen LogP contribution in [0.3, 0.4) is 0 Å². The summed E-state index contributed by atoms with van der Waals surface area (Å²) in [5, 5.41) is 16.8. The molecule has 0 radical (unpaired) electrons. The van der Waals surface area contributed by atoms with E-state index in [1.807, 2.05) is 0 Å². The molecule has 2 aromatic rings. The van der Waals surface area contributed by atoms with Crippen molar-refractivity contribution in [1.29, 1.82) is 0 Å². The maximum absolute atomic E-state index is 10.2. The second-order valence-corrected chi connectivity index (χ2v) is 3.34. The second-order valence-electron chi connectivity index (χ2n) is 3.34. The van der Waals surface area contributed by atoms with Crippen molar-refractivity contribution in [2.75, 3.05) is 0 Å². The van der Waals surface area contributed by atoms with E-state index in [4.69, 9.17) is 10.2 Å². The summed E-state index contributed by atoms with van der Waals surface area (Å²) < 4.78 is 0. The van der Waals surface area contributed by atoms with Crippen LogP contribution in [-0.4, -0.2) is 73.7 Å². The molecule has 0 saturated carbocycles. The third-order valence-electron chi connectivity index (χ3n) is 2.04. The summed E-state index contributed by atoms with van der Waals surface area (Å²) in [5.41, 5.74) is 0.662. The molecule has 0 bridgehead atoms. The van der Waals surface area contributed by atoms with Crippen LogP contribution >= 0.6 is 0 Å². The fourth-order valence-corrected chi connectivity index (χ4v) is 1.16. The molecule has 0 aliphatic rings. The fourth-order valence-electron chi connectivity index (χ4n) is 1.16. The molecular formula is C14H18Mg2O5. The Hall–Kier alpha value is -1.13. The van der Waals surface area contributed by atoms with Gasteiger partial charge in [0.15, 0.2) is 0 Å². The van der Waals surface area contributed by atoms with Gasteiger partial charge in [0, 0.05) is 0 Å². The maximum atomic E-state index is 10.2. The van der Waals surface area contributed by atoms with Gasteiger partial charge in [0.2, 0.25) is 0 Å². The minimum atomic E-state index is -0.879. The number of hydrogen-bond donors (Lipinski definition) is 2. The summed E-state index contributed by atoms with van der Waals surface area (Å²) in [6, 6.07) is 16.6. The van der Waals surface area contributed by atoms with E-state index in [0.717, 1.165) is 0 Å². The Morgan fingerprint density at radius 3 is 1.05 bits per heavy atom. The van der Waals surface area contributed by atoms with Crippen molar-refractivity contribution in [2.24, 2.45) is 0 Å². The van der Waals surface area contributed by atoms with E-state index in [0.29, 0.717) is 11.1 Å². The molecule has 0 aliphatic carbocycles. The molecule has 4 N–H and O–H groups in total. The molecule has 21 heavy (non-hydrogen) atoms. The van der Waals surface area contributed by atoms with E-state index in [-0.39, 0.29) is 57.3 Å². The molecule has 0 aromatic heterocycles. The normalized spacial score (nSPS) is 7.62. The van der Waals surface area contributed by atoms with Gasteiger partial charge in [-0.1, -0.05) is 36.4 Å². The van der Waals surface area contributed by atoms with Crippen molar-refractivity contribution >= 4 is 58.0 Å². The molecule has 0 saturated heterocycles. The van der Waals surface area contributed by atoms with Crippen LogP contribution in [0, 0.1) is 0 Å². The zero-order valence-corrected chi connectivity index (χ0v) is 14.2. The van der Waals surface area contributed by atoms with Crippen molar-refractivity contribution in [3.8, 4) is 0 Å². The molecule has 2 rings (SSSR count). The number of carboxylic acid groups (broad SMARTS) is 2. The monoisotopic (exact) mass is 314 g/mol. The van der Waals surface area contributed by atoms with Gasteiger partial charge >= 0.3 is 58.0 Å². The molecule has 0 spiro atoms. The molecule has 0 heterocycles. The summed E-state index contributed by atoms with van der Waals surface area (Å²) >= 11 is 0. The average Bonchev–Trinajstić information content (AvgIpc) is 2.41. The van der Waals surface area contributed by atoms with Gasteiger partial charge in [-0.15, -0.1) is 0 Å². The van der Waals surface area contributed by atoms with Gasteiger partial charge < -0.3 is 21.4 Å². The molecule has 7 heteroatoms. The van der Waals surface area contributed by atoms with Crippen LogP contribution in [0.2, 0.25) is 0 Å². The largest absolute Gasteiger partial charge is 2.00 e. The van der Waals surface area contributed by atoms with Crippen LogP contribution in [0.15, 0.2) is 60.7 Å². The molecule has 0 fully saturated rings. The van der Waals surface area contributed by atoms with E-state index in [2.05, 4.69) is 0 Å². The van der Waals surface area contributed by atoms with Crippen LogP contribution in [0.5, 0.6) is 0 Å². The quantitative estimate of drug-likeness (QED) is 0.821. The van der Waals surface area contributed by atoms with Gasteiger partial charge in [-0.3, -0.25) is 0 Å². The third kappa shape index (κ3) is 10.3. The van der Waals surface area contributed by atoms with Crippen LogP contribution in [0.1, 0.15) is 26.4 Å². The summed E-state index contributed by atoms with van der Waals surface area (Å²) in [5.74, 6) is -1.76. The Morgan fingerprint density at radius 1 is 0.667 bits per heavy atom. The van der Waals surface area contributed by atoms with Crippen molar-refractivity contribution < 1.29 is 31.0 Å². The van der Waals surface area contributed by atoms with Gasteiger partial charge in [-0.25, -0.2) is 9.59 Å². The van der Waals surface area contributed by atoms with Crippen LogP contribution in [0.4, 0.5) is 0 Å². The van der Waals surface area contributed by atoms with Crippen LogP contribution in [-0.2, 0) is 0 Å². The van der Waals surface area contributed by atoms with E-state index >= 15 is 0 Å². The molecule has 2 aromatic carbocycles. The summed E-state index contributed by atoms with van der Waals surface area (Å²) in [7, 11) is 0. The standard InChI is InChI=1S/2C7H6O2.2Mg.H2O.4H/c2*8-7(9)6-4-2-1-3-5-6;;;;;;;/h2*1-5H,(H,8,9);;;1H2;;;;/q;;2*+2;;4*-1. The number of aromatic carboxylic acids is 2. The zero-order chi connectivity index (χ0) is 13.4. The van der Waals surface area contributed by atoms with Gasteiger partial charge in [0.25, 0.3) is 0 Å². The molecule has 0 unspecified atom stereocenters. The summed E-state index contributed by atoms with van der Waals surface area (Å²) in [6.07, 6.45) is 0. The minimum absolute atomic E-state index is 0. The Bertz CT molecular complexity index is 484. The summed E-state index contributed by atoms with van der Waals surface area (Å²) in [4.78, 5) is 20.4. The Balaban J connectivity index is -0.0000000405. The first-order valence-electron chi connectivity index (χ1n) is 5.18. The first-order chi connectivity index (χ1) is 8.61. The zero-order valence-electron chi connectivity index (χ0n) is 15.4. The van der Waals surface area contributed by atoms with E-state index in [9.17, 15) is 9.59 Å². The smallest absolute Gasteiger partial charge is 1.00 e. The first-order valence-corrected chi connectivity index (χ1v) is 5.18. The number of carbonyl (C=O) groups is 2. The maximum Gasteiger partial charge on any atom is 2.00 e. The first kappa shape index (κ1) is 24.9. The number of hydrogen-bond acceptors (Lipinski definition) is 2. The van der Waals surface area contributed by atoms with Gasteiger partial charge in [0.1, 0.15) is 0 Å². The van der Waals surface area contributed by atoms with E-state index in [1.165, 1.54) is 0 Å². The molecule has 0 aliphatic heterocycles. The fraction of sp³-hybridized carbons (Fsp3) is 0. The summed E-state index contributed by atoms with van der Waals surface area (Å²) in [6.45, 7) is 0. The van der Waals surface area contributed by atoms with Crippen molar-refractivity contribution in [2.45, 2.75) is 0 Å². The Labute approximate surface area is 160 Å². The molecule has 0 amide bonds. The average molecular weight is 315 g/mol. The van der Waals surface area contributed by atoms with Gasteiger partial charge in [-0.05, 0) is 24.3 Å². The van der Waals surface area contributed by atoms with Crippen LogP contribution < -0.4 is 0 Å². The van der Waals surface area contributed by atoms with E-state index in [1.54, 1.807) is 60.7 Å². The van der Waals surface area contributed by atoms with Crippen molar-refractivity contribution in [3.63, 3.8) is 0 Å². The molecule has 5 nitrogen and oxygen atoms in total. The Morgan fingerprint density at radius 2 is 0.905 bits per heavy atom. The number of benzene rings is 2. The van der Waals surface area contributed by atoms with Crippen molar-refractivity contribution in [1.82, 2.24) is 0 Å². The SMILES string of the molecule is O.O=C(O)c1ccccc1.O=C(O)c1ccccc1.[H-].[H-].[H-].[H-].[Mg+2].[Mg+2].